The molecule has 0 fully saturated rings. The standard InChI is InChI=1S/C7H11NO3/c1-3-5(6(8)9)7(10)11-4-2/h3H,4H2,1-2H3,(H2,8,9). The number of esters is 1. The van der Waals surface area contributed by atoms with Crippen LogP contribution in [0.4, 0.5) is 0 Å². The lowest BCUT2D eigenvalue weighted by Gasteiger charge is -2.00. The van der Waals surface area contributed by atoms with Crippen molar-refractivity contribution in [2.24, 2.45) is 5.73 Å². The molecule has 0 aromatic rings. The number of hydrogen-bond donors (Lipinski definition) is 1. The van der Waals surface area contributed by atoms with Crippen molar-refractivity contribution in [1.82, 2.24) is 0 Å². The molecule has 0 aliphatic carbocycles. The van der Waals surface area contributed by atoms with Crippen LogP contribution in [0.15, 0.2) is 11.6 Å². The van der Waals surface area contributed by atoms with Gasteiger partial charge in [0, 0.05) is 0 Å². The van der Waals surface area contributed by atoms with Crippen molar-refractivity contribution in [1.29, 1.82) is 0 Å². The van der Waals surface area contributed by atoms with Gasteiger partial charge in [-0.3, -0.25) is 4.79 Å². The highest BCUT2D eigenvalue weighted by Crippen LogP contribution is 1.95. The molecule has 11 heavy (non-hydrogen) atoms. The number of ether oxygens (including phenoxy) is 1. The molecular weight excluding hydrogens is 146 g/mol. The van der Waals surface area contributed by atoms with Gasteiger partial charge >= 0.3 is 5.97 Å². The Bertz CT molecular complexity index is 196. The normalized spacial score (nSPS) is 10.9. The maximum Gasteiger partial charge on any atom is 0.343 e. The monoisotopic (exact) mass is 157 g/mol. The van der Waals surface area contributed by atoms with E-state index in [2.05, 4.69) is 4.74 Å². The van der Waals surface area contributed by atoms with E-state index in [1.807, 2.05) is 0 Å². The predicted molar refractivity (Wildman–Crippen MR) is 39.6 cm³/mol. The molecule has 2 N–H and O–H groups in total. The van der Waals surface area contributed by atoms with Gasteiger partial charge in [-0.2, -0.15) is 0 Å². The summed E-state index contributed by atoms with van der Waals surface area (Å²) in [5.41, 5.74) is 4.77. The average Bonchev–Trinajstić information content (AvgIpc) is 1.88. The summed E-state index contributed by atoms with van der Waals surface area (Å²) in [6, 6.07) is 0. The fourth-order valence-electron chi connectivity index (χ4n) is 0.570. The molecule has 0 bridgehead atoms. The van der Waals surface area contributed by atoms with Crippen molar-refractivity contribution in [3.8, 4) is 0 Å². The second kappa shape index (κ2) is 4.49. The third-order valence-corrected chi connectivity index (χ3v) is 1.05. The molecule has 0 atom stereocenters. The fraction of sp³-hybridized carbons (Fsp3) is 0.429. The smallest absolute Gasteiger partial charge is 0.343 e. The summed E-state index contributed by atoms with van der Waals surface area (Å²) in [7, 11) is 0. The maximum atomic E-state index is 10.8. The minimum atomic E-state index is -0.758. The molecule has 0 aromatic heterocycles. The highest BCUT2D eigenvalue weighted by atomic mass is 16.5. The number of carbonyl (C=O) groups excluding carboxylic acids is 2. The molecule has 0 saturated carbocycles. The minimum absolute atomic E-state index is 0.105. The lowest BCUT2D eigenvalue weighted by atomic mass is 10.2. The van der Waals surface area contributed by atoms with Crippen LogP contribution in [0.25, 0.3) is 0 Å². The van der Waals surface area contributed by atoms with Crippen LogP contribution in [0, 0.1) is 0 Å². The summed E-state index contributed by atoms with van der Waals surface area (Å²) in [4.78, 5) is 21.3. The molecule has 62 valence electrons. The summed E-state index contributed by atoms with van der Waals surface area (Å²) < 4.78 is 4.55. The van der Waals surface area contributed by atoms with Gasteiger partial charge in [0.15, 0.2) is 0 Å². The van der Waals surface area contributed by atoms with Crippen LogP contribution in [0.3, 0.4) is 0 Å². The Morgan fingerprint density at radius 3 is 2.36 bits per heavy atom. The number of rotatable bonds is 3. The summed E-state index contributed by atoms with van der Waals surface area (Å²) in [5, 5.41) is 0. The Morgan fingerprint density at radius 1 is 1.55 bits per heavy atom. The Morgan fingerprint density at radius 2 is 2.09 bits per heavy atom. The van der Waals surface area contributed by atoms with Crippen molar-refractivity contribution >= 4 is 11.9 Å². The zero-order chi connectivity index (χ0) is 8.85. The second-order valence-corrected chi connectivity index (χ2v) is 1.79. The summed E-state index contributed by atoms with van der Waals surface area (Å²) in [5.74, 6) is -1.42. The van der Waals surface area contributed by atoms with Gasteiger partial charge in [-0.1, -0.05) is 6.08 Å². The van der Waals surface area contributed by atoms with E-state index in [0.717, 1.165) is 0 Å². The molecule has 0 aromatic carbocycles. The summed E-state index contributed by atoms with van der Waals surface area (Å²) >= 11 is 0. The molecule has 0 spiro atoms. The number of nitrogens with two attached hydrogens (primary N) is 1. The molecule has 0 heterocycles. The van der Waals surface area contributed by atoms with Crippen LogP contribution < -0.4 is 5.73 Å². The first-order valence-corrected chi connectivity index (χ1v) is 3.26. The van der Waals surface area contributed by atoms with E-state index in [1.165, 1.54) is 6.08 Å². The van der Waals surface area contributed by atoms with Crippen molar-refractivity contribution in [3.05, 3.63) is 11.6 Å². The zero-order valence-corrected chi connectivity index (χ0v) is 6.59. The van der Waals surface area contributed by atoms with Crippen molar-refractivity contribution < 1.29 is 14.3 Å². The number of carbonyl (C=O) groups is 2. The van der Waals surface area contributed by atoms with Gasteiger partial charge in [-0.25, -0.2) is 4.79 Å². The van der Waals surface area contributed by atoms with Crippen LogP contribution in [0.2, 0.25) is 0 Å². The lowest BCUT2D eigenvalue weighted by Crippen LogP contribution is -2.22. The fourth-order valence-corrected chi connectivity index (χ4v) is 0.570. The SMILES string of the molecule is CC=C(C(N)=O)C(=O)OCC. The van der Waals surface area contributed by atoms with Gasteiger partial charge in [-0.05, 0) is 13.8 Å². The van der Waals surface area contributed by atoms with E-state index >= 15 is 0 Å². The highest BCUT2D eigenvalue weighted by molar-refractivity contribution is 6.15. The molecule has 4 nitrogen and oxygen atoms in total. The topological polar surface area (TPSA) is 69.4 Å². The van der Waals surface area contributed by atoms with Crippen molar-refractivity contribution in [3.63, 3.8) is 0 Å². The third-order valence-electron chi connectivity index (χ3n) is 1.05. The van der Waals surface area contributed by atoms with Crippen LogP contribution >= 0.6 is 0 Å². The Balaban J connectivity index is 4.29. The molecule has 0 radical (unpaired) electrons. The van der Waals surface area contributed by atoms with E-state index in [1.54, 1.807) is 13.8 Å². The molecule has 0 unspecified atom stereocenters. The quantitative estimate of drug-likeness (QED) is 0.271. The van der Waals surface area contributed by atoms with Gasteiger partial charge in [0.1, 0.15) is 5.57 Å². The Labute approximate surface area is 65.0 Å². The van der Waals surface area contributed by atoms with Gasteiger partial charge in [-0.15, -0.1) is 0 Å². The average molecular weight is 157 g/mol. The van der Waals surface area contributed by atoms with E-state index in [-0.39, 0.29) is 12.2 Å². The van der Waals surface area contributed by atoms with Crippen LogP contribution in [-0.4, -0.2) is 18.5 Å². The van der Waals surface area contributed by atoms with Crippen LogP contribution in [0.5, 0.6) is 0 Å². The predicted octanol–water partition coefficient (Wildman–Crippen LogP) is -0.0189. The van der Waals surface area contributed by atoms with E-state index < -0.39 is 11.9 Å². The summed E-state index contributed by atoms with van der Waals surface area (Å²) in [6.07, 6.45) is 1.33. The van der Waals surface area contributed by atoms with Crippen LogP contribution in [-0.2, 0) is 14.3 Å². The highest BCUT2D eigenvalue weighted by Gasteiger charge is 2.14. The van der Waals surface area contributed by atoms with Gasteiger partial charge in [0.25, 0.3) is 5.91 Å². The van der Waals surface area contributed by atoms with Crippen LogP contribution in [0.1, 0.15) is 13.8 Å². The lowest BCUT2D eigenvalue weighted by molar-refractivity contribution is -0.139. The van der Waals surface area contributed by atoms with E-state index in [4.69, 9.17) is 5.73 Å². The minimum Gasteiger partial charge on any atom is -0.462 e. The first kappa shape index (κ1) is 9.68. The summed E-state index contributed by atoms with van der Waals surface area (Å²) in [6.45, 7) is 3.45. The van der Waals surface area contributed by atoms with E-state index in [9.17, 15) is 9.59 Å². The van der Waals surface area contributed by atoms with Crippen molar-refractivity contribution in [2.45, 2.75) is 13.8 Å². The first-order chi connectivity index (χ1) is 5.13. The molecule has 0 aliphatic rings. The second-order valence-electron chi connectivity index (χ2n) is 1.79. The molecule has 0 rings (SSSR count). The van der Waals surface area contributed by atoms with Gasteiger partial charge < -0.3 is 10.5 Å². The zero-order valence-electron chi connectivity index (χ0n) is 6.59. The molecule has 1 amide bonds. The molecule has 0 saturated heterocycles. The number of allylic oxidation sites excluding steroid dienone is 1. The third kappa shape index (κ3) is 2.84. The number of hydrogen-bond acceptors (Lipinski definition) is 3. The number of amides is 1. The Hall–Kier alpha value is -1.32. The maximum absolute atomic E-state index is 10.8. The first-order valence-electron chi connectivity index (χ1n) is 3.26. The molecule has 4 heteroatoms. The molecule has 0 aliphatic heterocycles. The van der Waals surface area contributed by atoms with E-state index in [0.29, 0.717) is 0 Å². The Kier molecular flexibility index (Phi) is 3.95. The molecular formula is C7H11NO3. The number of primary amides is 1. The van der Waals surface area contributed by atoms with Gasteiger partial charge in [0.05, 0.1) is 6.61 Å². The van der Waals surface area contributed by atoms with Gasteiger partial charge in [0.2, 0.25) is 0 Å². The van der Waals surface area contributed by atoms with Crippen molar-refractivity contribution in [2.75, 3.05) is 6.61 Å². The largest absolute Gasteiger partial charge is 0.462 e.